The van der Waals surface area contributed by atoms with E-state index in [1.54, 1.807) is 11.3 Å². The van der Waals surface area contributed by atoms with Gasteiger partial charge < -0.3 is 9.88 Å². The summed E-state index contributed by atoms with van der Waals surface area (Å²) < 4.78 is 0. The van der Waals surface area contributed by atoms with Crippen LogP contribution in [0.25, 0.3) is 0 Å². The van der Waals surface area contributed by atoms with Gasteiger partial charge in [-0.05, 0) is 21.0 Å². The van der Waals surface area contributed by atoms with Crippen molar-refractivity contribution < 1.29 is 0 Å². The van der Waals surface area contributed by atoms with Gasteiger partial charge in [-0.3, -0.25) is 4.90 Å². The summed E-state index contributed by atoms with van der Waals surface area (Å²) in [5.41, 5.74) is 1.16. The zero-order valence-corrected chi connectivity index (χ0v) is 12.6. The van der Waals surface area contributed by atoms with Gasteiger partial charge in [0.2, 0.25) is 0 Å². The van der Waals surface area contributed by atoms with E-state index in [1.165, 1.54) is 0 Å². The van der Waals surface area contributed by atoms with Crippen molar-refractivity contribution in [2.45, 2.75) is 20.0 Å². The molecule has 2 aromatic heterocycles. The summed E-state index contributed by atoms with van der Waals surface area (Å²) in [6, 6.07) is 0. The van der Waals surface area contributed by atoms with Crippen molar-refractivity contribution in [3.8, 4) is 0 Å². The second-order valence-corrected chi connectivity index (χ2v) is 5.91. The fourth-order valence-electron chi connectivity index (χ4n) is 1.87. The van der Waals surface area contributed by atoms with Crippen molar-refractivity contribution in [1.82, 2.24) is 24.8 Å². The van der Waals surface area contributed by atoms with E-state index in [2.05, 4.69) is 38.8 Å². The smallest absolute Gasteiger partial charge is 0.107 e. The van der Waals surface area contributed by atoms with E-state index >= 15 is 0 Å². The van der Waals surface area contributed by atoms with E-state index in [-0.39, 0.29) is 0 Å². The Labute approximate surface area is 118 Å². The molecule has 0 amide bonds. The molecule has 0 unspecified atom stereocenters. The average Bonchev–Trinajstić information content (AvgIpc) is 2.98. The van der Waals surface area contributed by atoms with E-state index in [1.807, 2.05) is 24.7 Å². The van der Waals surface area contributed by atoms with Gasteiger partial charge in [0.05, 0.1) is 6.54 Å². The van der Waals surface area contributed by atoms with Crippen molar-refractivity contribution in [3.63, 3.8) is 0 Å². The molecule has 104 valence electrons. The second-order valence-electron chi connectivity index (χ2n) is 4.93. The third kappa shape index (κ3) is 4.74. The molecule has 0 aliphatic heterocycles. The minimum absolute atomic E-state index is 0.883. The van der Waals surface area contributed by atoms with Crippen LogP contribution in [0.1, 0.15) is 16.5 Å². The quantitative estimate of drug-likeness (QED) is 0.838. The SMILES string of the molecule is Cc1ncc(CN(CCN(C)C)Cc2nccs2)[nH]1. The van der Waals surface area contributed by atoms with Crippen LogP contribution in [0.2, 0.25) is 0 Å². The maximum absolute atomic E-state index is 4.37. The molecule has 0 saturated heterocycles. The van der Waals surface area contributed by atoms with Crippen LogP contribution in [0.15, 0.2) is 17.8 Å². The van der Waals surface area contributed by atoms with E-state index in [0.717, 1.165) is 42.7 Å². The first-order chi connectivity index (χ1) is 9.13. The first-order valence-corrected chi connectivity index (χ1v) is 7.27. The molecule has 6 heteroatoms. The van der Waals surface area contributed by atoms with E-state index in [0.29, 0.717) is 0 Å². The van der Waals surface area contributed by atoms with Gasteiger partial charge in [-0.15, -0.1) is 11.3 Å². The van der Waals surface area contributed by atoms with E-state index in [9.17, 15) is 0 Å². The Morgan fingerprint density at radius 3 is 2.63 bits per heavy atom. The predicted molar refractivity (Wildman–Crippen MR) is 78.1 cm³/mol. The lowest BCUT2D eigenvalue weighted by atomic mass is 10.3. The van der Waals surface area contributed by atoms with Crippen LogP contribution in [-0.4, -0.2) is 51.9 Å². The Morgan fingerprint density at radius 2 is 2.05 bits per heavy atom. The third-order valence-corrected chi connectivity index (χ3v) is 3.62. The summed E-state index contributed by atoms with van der Waals surface area (Å²) in [7, 11) is 4.20. The maximum atomic E-state index is 4.37. The van der Waals surface area contributed by atoms with E-state index < -0.39 is 0 Å². The lowest BCUT2D eigenvalue weighted by Gasteiger charge is -2.22. The van der Waals surface area contributed by atoms with Gasteiger partial charge in [0.15, 0.2) is 0 Å². The number of aromatic nitrogens is 3. The summed E-state index contributed by atoms with van der Waals surface area (Å²) in [6.45, 7) is 5.81. The highest BCUT2D eigenvalue weighted by Crippen LogP contribution is 2.11. The van der Waals surface area contributed by atoms with Gasteiger partial charge in [-0.2, -0.15) is 0 Å². The van der Waals surface area contributed by atoms with Gasteiger partial charge in [0, 0.05) is 43.1 Å². The summed E-state index contributed by atoms with van der Waals surface area (Å²) in [4.78, 5) is 16.5. The van der Waals surface area contributed by atoms with Crippen LogP contribution in [-0.2, 0) is 13.1 Å². The number of H-pyrrole nitrogens is 1. The Hall–Kier alpha value is -1.24. The summed E-state index contributed by atoms with van der Waals surface area (Å²) in [6.07, 6.45) is 3.78. The second kappa shape index (κ2) is 6.79. The van der Waals surface area contributed by atoms with Crippen molar-refractivity contribution in [3.05, 3.63) is 34.3 Å². The molecule has 0 atom stereocenters. The Morgan fingerprint density at radius 1 is 1.21 bits per heavy atom. The van der Waals surface area contributed by atoms with Crippen LogP contribution in [0.4, 0.5) is 0 Å². The van der Waals surface area contributed by atoms with Crippen molar-refractivity contribution >= 4 is 11.3 Å². The molecule has 2 rings (SSSR count). The van der Waals surface area contributed by atoms with E-state index in [4.69, 9.17) is 0 Å². The highest BCUT2D eigenvalue weighted by atomic mass is 32.1. The fourth-order valence-corrected chi connectivity index (χ4v) is 2.53. The predicted octanol–water partition coefficient (Wildman–Crippen LogP) is 1.74. The summed E-state index contributed by atoms with van der Waals surface area (Å²) in [5, 5.41) is 3.19. The number of hydrogen-bond acceptors (Lipinski definition) is 5. The number of nitrogens with zero attached hydrogens (tertiary/aromatic N) is 4. The molecule has 2 heterocycles. The number of rotatable bonds is 7. The standard InChI is InChI=1S/C13H21N5S/c1-11-15-8-12(16-11)9-18(6-5-17(2)3)10-13-14-4-7-19-13/h4,7-8H,5-6,9-10H2,1-3H3,(H,15,16). The Kier molecular flexibility index (Phi) is 5.07. The molecular weight excluding hydrogens is 258 g/mol. The molecule has 0 bridgehead atoms. The minimum atomic E-state index is 0.883. The van der Waals surface area contributed by atoms with Crippen LogP contribution < -0.4 is 0 Å². The molecular formula is C13H21N5S. The number of aromatic amines is 1. The highest BCUT2D eigenvalue weighted by Gasteiger charge is 2.10. The van der Waals surface area contributed by atoms with Crippen LogP contribution in [0.5, 0.6) is 0 Å². The minimum Gasteiger partial charge on any atom is -0.345 e. The molecule has 0 fully saturated rings. The van der Waals surface area contributed by atoms with Gasteiger partial charge in [-0.25, -0.2) is 9.97 Å². The topological polar surface area (TPSA) is 48.1 Å². The van der Waals surface area contributed by atoms with Crippen LogP contribution in [0.3, 0.4) is 0 Å². The number of aryl methyl sites for hydroxylation is 1. The number of nitrogens with one attached hydrogen (secondary N) is 1. The van der Waals surface area contributed by atoms with Gasteiger partial charge in [0.1, 0.15) is 10.8 Å². The molecule has 0 aliphatic rings. The summed E-state index contributed by atoms with van der Waals surface area (Å²) >= 11 is 1.71. The summed E-state index contributed by atoms with van der Waals surface area (Å²) in [5.74, 6) is 0.969. The zero-order chi connectivity index (χ0) is 13.7. The molecule has 0 aliphatic carbocycles. The molecule has 0 aromatic carbocycles. The van der Waals surface area contributed by atoms with Gasteiger partial charge in [0.25, 0.3) is 0 Å². The molecule has 0 saturated carbocycles. The van der Waals surface area contributed by atoms with Crippen molar-refractivity contribution in [2.75, 3.05) is 27.2 Å². The molecule has 5 nitrogen and oxygen atoms in total. The lowest BCUT2D eigenvalue weighted by Crippen LogP contribution is -2.31. The van der Waals surface area contributed by atoms with Gasteiger partial charge in [-0.1, -0.05) is 0 Å². The maximum Gasteiger partial charge on any atom is 0.107 e. The first kappa shape index (κ1) is 14.2. The number of hydrogen-bond donors (Lipinski definition) is 1. The van der Waals surface area contributed by atoms with Gasteiger partial charge >= 0.3 is 0 Å². The highest BCUT2D eigenvalue weighted by molar-refractivity contribution is 7.09. The lowest BCUT2D eigenvalue weighted by molar-refractivity contribution is 0.224. The van der Waals surface area contributed by atoms with Crippen molar-refractivity contribution in [2.24, 2.45) is 0 Å². The Bertz CT molecular complexity index is 477. The largest absolute Gasteiger partial charge is 0.345 e. The fraction of sp³-hybridized carbons (Fsp3) is 0.538. The zero-order valence-electron chi connectivity index (χ0n) is 11.8. The molecule has 2 aromatic rings. The first-order valence-electron chi connectivity index (χ1n) is 6.39. The molecule has 19 heavy (non-hydrogen) atoms. The number of likely N-dealkylation sites (N-methyl/N-ethyl adjacent to an activating group) is 1. The number of imidazole rings is 1. The Balaban J connectivity index is 1.96. The molecule has 0 spiro atoms. The van der Waals surface area contributed by atoms with Crippen molar-refractivity contribution in [1.29, 1.82) is 0 Å². The van der Waals surface area contributed by atoms with Crippen LogP contribution in [0, 0.1) is 6.92 Å². The normalized spacial score (nSPS) is 11.6. The van der Waals surface area contributed by atoms with Crippen LogP contribution >= 0.6 is 11.3 Å². The third-order valence-electron chi connectivity index (χ3n) is 2.86. The number of thiazole rings is 1. The molecule has 1 N–H and O–H groups in total. The monoisotopic (exact) mass is 279 g/mol. The molecule has 0 radical (unpaired) electrons. The average molecular weight is 279 g/mol.